The second-order valence-corrected chi connectivity index (χ2v) is 4.73. The largest absolute Gasteiger partial charge is 0.391 e. The quantitative estimate of drug-likeness (QED) is 0.892. The highest BCUT2D eigenvalue weighted by Gasteiger charge is 2.29. The number of benzene rings is 1. The van der Waals surface area contributed by atoms with Crippen LogP contribution in [0.3, 0.4) is 0 Å². The lowest BCUT2D eigenvalue weighted by Crippen LogP contribution is -2.32. The van der Waals surface area contributed by atoms with Gasteiger partial charge >= 0.3 is 0 Å². The molecule has 0 heterocycles. The van der Waals surface area contributed by atoms with Gasteiger partial charge in [-0.05, 0) is 36.5 Å². The average molecular weight is 278 g/mol. The third-order valence-electron chi connectivity index (χ3n) is 3.58. The summed E-state index contributed by atoms with van der Waals surface area (Å²) in [6.45, 7) is 0. The van der Waals surface area contributed by atoms with Crippen LogP contribution in [0.25, 0.3) is 0 Å². The molecule has 3 N–H and O–H groups in total. The van der Waals surface area contributed by atoms with Gasteiger partial charge in [-0.2, -0.15) is 0 Å². The van der Waals surface area contributed by atoms with Crippen LogP contribution < -0.4 is 5.73 Å². The Bertz CT molecular complexity index is 397. The maximum absolute atomic E-state index is 13.1. The fourth-order valence-electron chi connectivity index (χ4n) is 2.51. The summed E-state index contributed by atoms with van der Waals surface area (Å²) in [5, 5.41) is 10.1. The third kappa shape index (κ3) is 3.19. The highest BCUT2D eigenvalue weighted by molar-refractivity contribution is 5.85. The van der Waals surface area contributed by atoms with Gasteiger partial charge in [-0.25, -0.2) is 8.78 Å². The van der Waals surface area contributed by atoms with Crippen molar-refractivity contribution in [2.24, 2.45) is 11.7 Å². The molecule has 102 valence electrons. The molecule has 0 aromatic heterocycles. The molecule has 1 aromatic carbocycles. The van der Waals surface area contributed by atoms with Crippen LogP contribution in [0.15, 0.2) is 18.2 Å². The van der Waals surface area contributed by atoms with Crippen LogP contribution in [0.5, 0.6) is 0 Å². The Morgan fingerprint density at radius 3 is 2.33 bits per heavy atom. The Kier molecular flexibility index (Phi) is 5.50. The fourth-order valence-corrected chi connectivity index (χ4v) is 2.51. The van der Waals surface area contributed by atoms with Gasteiger partial charge in [0.15, 0.2) is 11.6 Å². The number of halogens is 3. The Morgan fingerprint density at radius 2 is 1.78 bits per heavy atom. The van der Waals surface area contributed by atoms with E-state index in [2.05, 4.69) is 0 Å². The first-order chi connectivity index (χ1) is 8.09. The van der Waals surface area contributed by atoms with E-state index in [0.29, 0.717) is 5.56 Å². The SMILES string of the molecule is Cl.N[C@H](c1ccc(F)c(F)c1)[C@@H](O)C1CCCC1. The molecule has 0 radical (unpaired) electrons. The van der Waals surface area contributed by atoms with E-state index >= 15 is 0 Å². The summed E-state index contributed by atoms with van der Waals surface area (Å²) in [5.41, 5.74) is 6.35. The number of aliphatic hydroxyl groups is 1. The van der Waals surface area contributed by atoms with Crippen molar-refractivity contribution in [2.75, 3.05) is 0 Å². The summed E-state index contributed by atoms with van der Waals surface area (Å²) in [7, 11) is 0. The number of aliphatic hydroxyl groups excluding tert-OH is 1. The predicted molar refractivity (Wildman–Crippen MR) is 68.5 cm³/mol. The van der Waals surface area contributed by atoms with E-state index < -0.39 is 23.8 Å². The molecule has 0 aliphatic heterocycles. The van der Waals surface area contributed by atoms with Gasteiger partial charge in [-0.1, -0.05) is 18.9 Å². The normalized spacial score (nSPS) is 19.3. The number of hydrogen-bond acceptors (Lipinski definition) is 2. The van der Waals surface area contributed by atoms with Crippen LogP contribution in [-0.2, 0) is 0 Å². The summed E-state index contributed by atoms with van der Waals surface area (Å²) >= 11 is 0. The van der Waals surface area contributed by atoms with Crippen LogP contribution in [0.1, 0.15) is 37.3 Å². The highest BCUT2D eigenvalue weighted by atomic mass is 35.5. The molecule has 0 amide bonds. The molecule has 0 spiro atoms. The van der Waals surface area contributed by atoms with Crippen molar-refractivity contribution in [1.29, 1.82) is 0 Å². The molecule has 2 rings (SSSR count). The molecule has 2 atom stereocenters. The molecule has 1 aromatic rings. The van der Waals surface area contributed by atoms with Crippen LogP contribution in [-0.4, -0.2) is 11.2 Å². The Balaban J connectivity index is 0.00000162. The minimum Gasteiger partial charge on any atom is -0.391 e. The van der Waals surface area contributed by atoms with E-state index in [1.54, 1.807) is 0 Å². The molecule has 1 aliphatic rings. The molecular formula is C13H18ClF2NO. The van der Waals surface area contributed by atoms with Gasteiger partial charge in [0, 0.05) is 0 Å². The van der Waals surface area contributed by atoms with Gasteiger partial charge in [-0.3, -0.25) is 0 Å². The summed E-state index contributed by atoms with van der Waals surface area (Å²) in [5.74, 6) is -1.63. The number of rotatable bonds is 3. The van der Waals surface area contributed by atoms with E-state index in [1.807, 2.05) is 0 Å². The third-order valence-corrected chi connectivity index (χ3v) is 3.58. The minimum absolute atomic E-state index is 0. The summed E-state index contributed by atoms with van der Waals surface area (Å²) in [6, 6.07) is 2.90. The van der Waals surface area contributed by atoms with Crippen LogP contribution in [0, 0.1) is 17.6 Å². The zero-order valence-electron chi connectivity index (χ0n) is 9.98. The molecular weight excluding hydrogens is 260 g/mol. The Labute approximate surface area is 112 Å². The lowest BCUT2D eigenvalue weighted by molar-refractivity contribution is 0.0843. The first-order valence-electron chi connectivity index (χ1n) is 5.98. The summed E-state index contributed by atoms with van der Waals surface area (Å²) < 4.78 is 25.9. The molecule has 1 fully saturated rings. The summed E-state index contributed by atoms with van der Waals surface area (Å²) in [6.07, 6.45) is 3.44. The first kappa shape index (κ1) is 15.3. The zero-order chi connectivity index (χ0) is 12.4. The fraction of sp³-hybridized carbons (Fsp3) is 0.538. The van der Waals surface area contributed by atoms with Crippen molar-refractivity contribution in [3.05, 3.63) is 35.4 Å². The van der Waals surface area contributed by atoms with Crippen molar-refractivity contribution in [1.82, 2.24) is 0 Å². The maximum atomic E-state index is 13.1. The van der Waals surface area contributed by atoms with E-state index in [0.717, 1.165) is 37.8 Å². The van der Waals surface area contributed by atoms with Crippen LogP contribution in [0.4, 0.5) is 8.78 Å². The van der Waals surface area contributed by atoms with Gasteiger partial charge in [0.25, 0.3) is 0 Å². The predicted octanol–water partition coefficient (Wildman–Crippen LogP) is 2.94. The Hall–Kier alpha value is -0.710. The van der Waals surface area contributed by atoms with E-state index in [-0.39, 0.29) is 18.3 Å². The lowest BCUT2D eigenvalue weighted by Gasteiger charge is -2.24. The van der Waals surface area contributed by atoms with Crippen LogP contribution in [0.2, 0.25) is 0 Å². The average Bonchev–Trinajstić information content (AvgIpc) is 2.84. The van der Waals surface area contributed by atoms with Crippen molar-refractivity contribution >= 4 is 12.4 Å². The molecule has 1 saturated carbocycles. The standard InChI is InChI=1S/C13H17F2NO.ClH/c14-10-6-5-9(7-11(10)15)12(16)13(17)8-3-1-2-4-8;/h5-8,12-13,17H,1-4,16H2;1H/t12-,13+;/m1./s1. The van der Waals surface area contributed by atoms with Crippen molar-refractivity contribution in [2.45, 2.75) is 37.8 Å². The second kappa shape index (κ2) is 6.45. The van der Waals surface area contributed by atoms with Crippen molar-refractivity contribution in [3.8, 4) is 0 Å². The van der Waals surface area contributed by atoms with Gasteiger partial charge in [0.2, 0.25) is 0 Å². The highest BCUT2D eigenvalue weighted by Crippen LogP contribution is 2.32. The van der Waals surface area contributed by atoms with Gasteiger partial charge in [0.05, 0.1) is 12.1 Å². The molecule has 0 saturated heterocycles. The van der Waals surface area contributed by atoms with Crippen LogP contribution >= 0.6 is 12.4 Å². The summed E-state index contributed by atoms with van der Waals surface area (Å²) in [4.78, 5) is 0. The molecule has 1 aliphatic carbocycles. The first-order valence-corrected chi connectivity index (χ1v) is 5.98. The molecule has 0 bridgehead atoms. The van der Waals surface area contributed by atoms with Gasteiger partial charge in [0.1, 0.15) is 0 Å². The van der Waals surface area contributed by atoms with E-state index in [4.69, 9.17) is 5.73 Å². The van der Waals surface area contributed by atoms with Crippen molar-refractivity contribution < 1.29 is 13.9 Å². The molecule has 18 heavy (non-hydrogen) atoms. The smallest absolute Gasteiger partial charge is 0.159 e. The zero-order valence-corrected chi connectivity index (χ0v) is 10.8. The topological polar surface area (TPSA) is 46.2 Å². The lowest BCUT2D eigenvalue weighted by atomic mass is 9.91. The molecule has 2 nitrogen and oxygen atoms in total. The number of nitrogens with two attached hydrogens (primary N) is 1. The van der Waals surface area contributed by atoms with E-state index in [1.165, 1.54) is 6.07 Å². The maximum Gasteiger partial charge on any atom is 0.159 e. The van der Waals surface area contributed by atoms with E-state index in [9.17, 15) is 13.9 Å². The minimum atomic E-state index is -0.920. The van der Waals surface area contributed by atoms with Crippen molar-refractivity contribution in [3.63, 3.8) is 0 Å². The van der Waals surface area contributed by atoms with Gasteiger partial charge < -0.3 is 10.8 Å². The molecule has 5 heteroatoms. The Morgan fingerprint density at radius 1 is 1.17 bits per heavy atom. The second-order valence-electron chi connectivity index (χ2n) is 4.73. The molecule has 0 unspecified atom stereocenters. The number of hydrogen-bond donors (Lipinski definition) is 2. The monoisotopic (exact) mass is 277 g/mol. The van der Waals surface area contributed by atoms with Gasteiger partial charge in [-0.15, -0.1) is 12.4 Å².